The number of pyridine rings is 1. The molecular formula is C26H30N4O2S2. The molecule has 1 atom stereocenters. The number of nitrogens with one attached hydrogen (secondary N) is 1. The van der Waals surface area contributed by atoms with Crippen molar-refractivity contribution in [2.75, 3.05) is 24.5 Å². The Kier molecular flexibility index (Phi) is 8.37. The van der Waals surface area contributed by atoms with Gasteiger partial charge in [-0.05, 0) is 49.1 Å². The van der Waals surface area contributed by atoms with E-state index in [1.54, 1.807) is 34.6 Å². The molecule has 0 aliphatic carbocycles. The van der Waals surface area contributed by atoms with E-state index in [0.717, 1.165) is 30.1 Å². The summed E-state index contributed by atoms with van der Waals surface area (Å²) >= 11 is 3.25. The molecule has 8 heteroatoms. The molecule has 0 bridgehead atoms. The Morgan fingerprint density at radius 1 is 1.18 bits per heavy atom. The molecule has 1 aromatic carbocycles. The van der Waals surface area contributed by atoms with E-state index in [0.29, 0.717) is 29.7 Å². The molecule has 0 spiro atoms. The molecule has 178 valence electrons. The lowest BCUT2D eigenvalue weighted by atomic mass is 10.2. The zero-order valence-electron chi connectivity index (χ0n) is 19.6. The number of benzene rings is 1. The fourth-order valence-corrected chi connectivity index (χ4v) is 5.69. The van der Waals surface area contributed by atoms with Crippen molar-refractivity contribution < 1.29 is 9.59 Å². The van der Waals surface area contributed by atoms with Gasteiger partial charge >= 0.3 is 0 Å². The van der Waals surface area contributed by atoms with Gasteiger partial charge < -0.3 is 10.2 Å². The van der Waals surface area contributed by atoms with Crippen LogP contribution in [-0.2, 0) is 11.3 Å². The van der Waals surface area contributed by atoms with Gasteiger partial charge in [-0.1, -0.05) is 36.9 Å². The van der Waals surface area contributed by atoms with Crippen molar-refractivity contribution in [1.29, 1.82) is 0 Å². The number of carbonyl (C=O) groups excluding carboxylic acids is 2. The fourth-order valence-electron chi connectivity index (χ4n) is 3.94. The van der Waals surface area contributed by atoms with Crippen LogP contribution >= 0.6 is 23.1 Å². The summed E-state index contributed by atoms with van der Waals surface area (Å²) in [5.74, 6) is -0.166. The molecule has 34 heavy (non-hydrogen) atoms. The van der Waals surface area contributed by atoms with Gasteiger partial charge in [0.1, 0.15) is 5.03 Å². The molecule has 1 aliphatic rings. The van der Waals surface area contributed by atoms with Crippen molar-refractivity contribution in [2.45, 2.75) is 49.2 Å². The number of hydrogen-bond acceptors (Lipinski definition) is 6. The fraction of sp³-hybridized carbons (Fsp3) is 0.346. The van der Waals surface area contributed by atoms with Gasteiger partial charge in [-0.25, -0.2) is 4.98 Å². The second kappa shape index (κ2) is 11.6. The molecule has 3 heterocycles. The Hall–Kier alpha value is -2.68. The van der Waals surface area contributed by atoms with Gasteiger partial charge in [-0.3, -0.25) is 14.5 Å². The van der Waals surface area contributed by atoms with Gasteiger partial charge in [0.25, 0.3) is 5.91 Å². The van der Waals surface area contributed by atoms with E-state index in [4.69, 9.17) is 0 Å². The van der Waals surface area contributed by atoms with Crippen LogP contribution in [0.2, 0.25) is 0 Å². The quantitative estimate of drug-likeness (QED) is 0.427. The Labute approximate surface area is 209 Å². The topological polar surface area (TPSA) is 65.5 Å². The van der Waals surface area contributed by atoms with Crippen LogP contribution in [0.25, 0.3) is 0 Å². The minimum absolute atomic E-state index is 0.0474. The van der Waals surface area contributed by atoms with E-state index in [2.05, 4.69) is 46.6 Å². The number of para-hydroxylation sites is 1. The van der Waals surface area contributed by atoms with E-state index in [1.165, 1.54) is 16.6 Å². The highest BCUT2D eigenvalue weighted by Crippen LogP contribution is 2.40. The van der Waals surface area contributed by atoms with Crippen molar-refractivity contribution in [3.8, 4) is 0 Å². The first-order valence-electron chi connectivity index (χ1n) is 11.6. The number of rotatable bonds is 10. The summed E-state index contributed by atoms with van der Waals surface area (Å²) in [6.07, 6.45) is 3.00. The Bertz CT molecular complexity index is 1120. The molecule has 1 N–H and O–H groups in total. The monoisotopic (exact) mass is 494 g/mol. The van der Waals surface area contributed by atoms with Crippen LogP contribution in [0.4, 0.5) is 5.69 Å². The van der Waals surface area contributed by atoms with Crippen molar-refractivity contribution in [2.24, 2.45) is 0 Å². The molecular weight excluding hydrogens is 464 g/mol. The first kappa shape index (κ1) is 24.4. The van der Waals surface area contributed by atoms with E-state index >= 15 is 0 Å². The average Bonchev–Trinajstić information content (AvgIpc) is 3.33. The minimum Gasteiger partial charge on any atom is -0.355 e. The smallest absolute Gasteiger partial charge is 0.261 e. The number of thiophene rings is 1. The largest absolute Gasteiger partial charge is 0.355 e. The average molecular weight is 495 g/mol. The summed E-state index contributed by atoms with van der Waals surface area (Å²) in [7, 11) is 0. The number of anilines is 1. The third-order valence-corrected chi connectivity index (χ3v) is 7.99. The minimum atomic E-state index is -0.118. The predicted octanol–water partition coefficient (Wildman–Crippen LogP) is 5.06. The number of hydrogen-bond donors (Lipinski definition) is 1. The van der Waals surface area contributed by atoms with Crippen LogP contribution in [0, 0.1) is 0 Å². The van der Waals surface area contributed by atoms with E-state index < -0.39 is 0 Å². The Morgan fingerprint density at radius 3 is 2.82 bits per heavy atom. The maximum atomic E-state index is 13.3. The molecule has 4 rings (SSSR count). The van der Waals surface area contributed by atoms with Gasteiger partial charge in [-0.2, -0.15) is 0 Å². The van der Waals surface area contributed by atoms with Crippen LogP contribution in [0.5, 0.6) is 0 Å². The van der Waals surface area contributed by atoms with Crippen molar-refractivity contribution >= 4 is 40.6 Å². The summed E-state index contributed by atoms with van der Waals surface area (Å²) in [4.78, 5) is 36.8. The Morgan fingerprint density at radius 2 is 2.03 bits per heavy atom. The normalized spacial score (nSPS) is 13.9. The summed E-state index contributed by atoms with van der Waals surface area (Å²) in [5, 5.41) is 5.85. The second-order valence-electron chi connectivity index (χ2n) is 8.29. The maximum Gasteiger partial charge on any atom is 0.261 e. The molecule has 1 aliphatic heterocycles. The maximum absolute atomic E-state index is 13.3. The highest BCUT2D eigenvalue weighted by molar-refractivity contribution is 7.99. The summed E-state index contributed by atoms with van der Waals surface area (Å²) in [5.41, 5.74) is 1.39. The molecule has 0 saturated heterocycles. The predicted molar refractivity (Wildman–Crippen MR) is 139 cm³/mol. The SMILES string of the molecule is CC[C@H](C)N(CCNC(=O)CCN1C(=O)c2cccnc2Sc2ccccc21)Cc1cccs1. The molecule has 2 aromatic heterocycles. The lowest BCUT2D eigenvalue weighted by Crippen LogP contribution is -2.40. The van der Waals surface area contributed by atoms with Crippen LogP contribution in [0.1, 0.15) is 41.9 Å². The summed E-state index contributed by atoms with van der Waals surface area (Å²) in [6, 6.07) is 16.0. The van der Waals surface area contributed by atoms with Crippen LogP contribution in [0.3, 0.4) is 0 Å². The van der Waals surface area contributed by atoms with Crippen LogP contribution in [-0.4, -0.2) is 47.4 Å². The summed E-state index contributed by atoms with van der Waals surface area (Å²) in [6.45, 7) is 7.00. The van der Waals surface area contributed by atoms with E-state index in [-0.39, 0.29) is 18.2 Å². The lowest BCUT2D eigenvalue weighted by Gasteiger charge is -2.28. The molecule has 0 saturated carbocycles. The van der Waals surface area contributed by atoms with Crippen molar-refractivity contribution in [1.82, 2.24) is 15.2 Å². The number of carbonyl (C=O) groups is 2. The van der Waals surface area contributed by atoms with Crippen molar-refractivity contribution in [3.05, 3.63) is 70.5 Å². The van der Waals surface area contributed by atoms with E-state index in [9.17, 15) is 9.59 Å². The standard InChI is InChI=1S/C26H30N4O2S2/c1-3-19(2)29(18-20-8-7-17-33-20)16-14-27-24(31)12-15-30-22-10-4-5-11-23(22)34-25-21(26(30)32)9-6-13-28-25/h4-11,13,17,19H,3,12,14-16,18H2,1-2H3,(H,27,31)/t19-/m0/s1. The zero-order valence-corrected chi connectivity index (χ0v) is 21.2. The van der Waals surface area contributed by atoms with Gasteiger partial charge in [0, 0.05) is 54.6 Å². The molecule has 6 nitrogen and oxygen atoms in total. The first-order chi connectivity index (χ1) is 16.6. The van der Waals surface area contributed by atoms with Crippen LogP contribution in [0.15, 0.2) is 70.0 Å². The van der Waals surface area contributed by atoms with E-state index in [1.807, 2.05) is 24.3 Å². The number of aromatic nitrogens is 1. The summed E-state index contributed by atoms with van der Waals surface area (Å²) < 4.78 is 0. The molecule has 3 aromatic rings. The third-order valence-electron chi connectivity index (χ3n) is 6.05. The van der Waals surface area contributed by atoms with Crippen molar-refractivity contribution in [3.63, 3.8) is 0 Å². The van der Waals surface area contributed by atoms with Gasteiger partial charge in [0.2, 0.25) is 5.91 Å². The molecule has 0 fully saturated rings. The molecule has 0 unspecified atom stereocenters. The molecule has 2 amide bonds. The highest BCUT2D eigenvalue weighted by atomic mass is 32.2. The zero-order chi connectivity index (χ0) is 23.9. The lowest BCUT2D eigenvalue weighted by molar-refractivity contribution is -0.120. The number of amides is 2. The number of nitrogens with zero attached hydrogens (tertiary/aromatic N) is 3. The first-order valence-corrected chi connectivity index (χ1v) is 13.3. The Balaban J connectivity index is 1.36. The highest BCUT2D eigenvalue weighted by Gasteiger charge is 2.28. The second-order valence-corrected chi connectivity index (χ2v) is 10.4. The van der Waals surface area contributed by atoms with Crippen LogP contribution < -0.4 is 10.2 Å². The number of fused-ring (bicyclic) bond motifs is 2. The third kappa shape index (κ3) is 5.87. The van der Waals surface area contributed by atoms with Gasteiger partial charge in [-0.15, -0.1) is 11.3 Å². The van der Waals surface area contributed by atoms with Gasteiger partial charge in [0.15, 0.2) is 0 Å². The van der Waals surface area contributed by atoms with Gasteiger partial charge in [0.05, 0.1) is 11.3 Å². The molecule has 0 radical (unpaired) electrons.